The van der Waals surface area contributed by atoms with Gasteiger partial charge in [-0.2, -0.15) is 0 Å². The number of carbonyl (C=O) groups excluding carboxylic acids is 1. The van der Waals surface area contributed by atoms with Gasteiger partial charge in [-0.25, -0.2) is 0 Å². The van der Waals surface area contributed by atoms with Gasteiger partial charge in [0.05, 0.1) is 21.5 Å². The van der Waals surface area contributed by atoms with E-state index in [0.29, 0.717) is 21.3 Å². The third kappa shape index (κ3) is 3.16. The van der Waals surface area contributed by atoms with Gasteiger partial charge >= 0.3 is 0 Å². The van der Waals surface area contributed by atoms with Gasteiger partial charge in [-0.15, -0.1) is 11.3 Å². The molecule has 0 atom stereocenters. The molecule has 1 heterocycles. The first kappa shape index (κ1) is 15.4. The number of benzene rings is 1. The molecule has 0 aliphatic heterocycles. The molecule has 0 aliphatic rings. The van der Waals surface area contributed by atoms with Gasteiger partial charge < -0.3 is 10.1 Å². The fourth-order valence-corrected chi connectivity index (χ4v) is 3.27. The highest BCUT2D eigenvalue weighted by Crippen LogP contribution is 2.32. The minimum Gasteiger partial charge on any atom is -0.495 e. The Labute approximate surface area is 135 Å². The van der Waals surface area contributed by atoms with Crippen molar-refractivity contribution >= 4 is 50.5 Å². The van der Waals surface area contributed by atoms with E-state index in [1.165, 1.54) is 11.3 Å². The van der Waals surface area contributed by atoms with Crippen molar-refractivity contribution < 1.29 is 9.53 Å². The lowest BCUT2D eigenvalue weighted by Crippen LogP contribution is -2.11. The van der Waals surface area contributed by atoms with E-state index >= 15 is 0 Å². The summed E-state index contributed by atoms with van der Waals surface area (Å²) in [6.45, 7) is 3.83. The summed E-state index contributed by atoms with van der Waals surface area (Å²) in [7, 11) is 1.54. The molecule has 0 fully saturated rings. The van der Waals surface area contributed by atoms with E-state index in [4.69, 9.17) is 16.3 Å². The molecule has 3 nitrogen and oxygen atoms in total. The molecule has 1 aromatic carbocycles. The summed E-state index contributed by atoms with van der Waals surface area (Å²) in [5.41, 5.74) is 2.53. The molecular formula is C14H13BrClNO2S. The van der Waals surface area contributed by atoms with E-state index in [1.807, 2.05) is 19.9 Å². The van der Waals surface area contributed by atoms with E-state index in [2.05, 4.69) is 21.2 Å². The van der Waals surface area contributed by atoms with Gasteiger partial charge in [0, 0.05) is 11.1 Å². The predicted molar refractivity (Wildman–Crippen MR) is 87.5 cm³/mol. The number of methoxy groups -OCH3 is 1. The number of nitrogens with one attached hydrogen (secondary N) is 1. The number of rotatable bonds is 3. The van der Waals surface area contributed by atoms with Crippen molar-refractivity contribution in [1.29, 1.82) is 0 Å². The Morgan fingerprint density at radius 3 is 2.55 bits per heavy atom. The molecule has 0 aliphatic carbocycles. The number of carbonyl (C=O) groups is 1. The van der Waals surface area contributed by atoms with Crippen molar-refractivity contribution in [2.24, 2.45) is 0 Å². The Balaban J connectivity index is 2.29. The van der Waals surface area contributed by atoms with Gasteiger partial charge in [0.1, 0.15) is 5.75 Å². The highest BCUT2D eigenvalue weighted by molar-refractivity contribution is 9.11. The van der Waals surface area contributed by atoms with Crippen LogP contribution in [0.4, 0.5) is 5.69 Å². The molecule has 0 bridgehead atoms. The standard InChI is InChI=1S/C14H13BrClNO2S/c1-7-4-10(11(19-3)6-9(7)16)17-14(18)12-5-8(2)13(15)20-12/h4-6H,1-3H3,(H,17,18). The Morgan fingerprint density at radius 1 is 1.30 bits per heavy atom. The minimum absolute atomic E-state index is 0.163. The molecule has 1 N–H and O–H groups in total. The molecule has 0 radical (unpaired) electrons. The van der Waals surface area contributed by atoms with Gasteiger partial charge in [-0.3, -0.25) is 4.79 Å². The van der Waals surface area contributed by atoms with Crippen molar-refractivity contribution in [3.05, 3.63) is 43.0 Å². The molecule has 1 aromatic heterocycles. The first-order chi connectivity index (χ1) is 9.42. The third-order valence-corrected chi connectivity index (χ3v) is 5.35. The Kier molecular flexibility index (Phi) is 4.73. The van der Waals surface area contributed by atoms with Gasteiger partial charge in [0.15, 0.2) is 0 Å². The normalized spacial score (nSPS) is 10.4. The molecule has 6 heteroatoms. The Hall–Kier alpha value is -1.04. The zero-order valence-corrected chi connectivity index (χ0v) is 14.4. The molecule has 106 valence electrons. The zero-order valence-electron chi connectivity index (χ0n) is 11.2. The summed E-state index contributed by atoms with van der Waals surface area (Å²) < 4.78 is 6.20. The number of hydrogen-bond acceptors (Lipinski definition) is 3. The SMILES string of the molecule is COc1cc(Cl)c(C)cc1NC(=O)c1cc(C)c(Br)s1. The maximum Gasteiger partial charge on any atom is 0.265 e. The van der Waals surface area contributed by atoms with Crippen LogP contribution in [0.3, 0.4) is 0 Å². The van der Waals surface area contributed by atoms with Crippen LogP contribution in [0.2, 0.25) is 5.02 Å². The molecular weight excluding hydrogens is 362 g/mol. The van der Waals surface area contributed by atoms with Gasteiger partial charge in [-0.05, 0) is 53.0 Å². The summed E-state index contributed by atoms with van der Waals surface area (Å²) in [6.07, 6.45) is 0. The molecule has 0 spiro atoms. The summed E-state index contributed by atoms with van der Waals surface area (Å²) in [6, 6.07) is 5.34. The number of amides is 1. The first-order valence-corrected chi connectivity index (χ1v) is 7.82. The molecule has 2 rings (SSSR count). The van der Waals surface area contributed by atoms with E-state index in [1.54, 1.807) is 19.2 Å². The van der Waals surface area contributed by atoms with Crippen molar-refractivity contribution in [3.63, 3.8) is 0 Å². The third-order valence-electron chi connectivity index (χ3n) is 2.81. The van der Waals surface area contributed by atoms with Crippen molar-refractivity contribution in [3.8, 4) is 5.75 Å². The van der Waals surface area contributed by atoms with E-state index in [9.17, 15) is 4.79 Å². The van der Waals surface area contributed by atoms with E-state index in [0.717, 1.165) is 14.9 Å². The second-order valence-corrected chi connectivity index (χ2v) is 7.10. The second kappa shape index (κ2) is 6.16. The molecule has 1 amide bonds. The Morgan fingerprint density at radius 2 is 2.00 bits per heavy atom. The quantitative estimate of drug-likeness (QED) is 0.817. The van der Waals surface area contributed by atoms with Gasteiger partial charge in [0.25, 0.3) is 5.91 Å². The van der Waals surface area contributed by atoms with E-state index in [-0.39, 0.29) is 5.91 Å². The van der Waals surface area contributed by atoms with Crippen LogP contribution in [0.5, 0.6) is 5.75 Å². The summed E-state index contributed by atoms with van der Waals surface area (Å²) in [5, 5.41) is 3.46. The minimum atomic E-state index is -0.163. The average Bonchev–Trinajstić information content (AvgIpc) is 2.74. The fourth-order valence-electron chi connectivity index (χ4n) is 1.69. The maximum absolute atomic E-state index is 12.2. The number of ether oxygens (including phenoxy) is 1. The predicted octanol–water partition coefficient (Wildman–Crippen LogP) is 5.04. The average molecular weight is 375 g/mol. The number of thiophene rings is 1. The smallest absolute Gasteiger partial charge is 0.265 e. The fraction of sp³-hybridized carbons (Fsp3) is 0.214. The molecule has 0 saturated heterocycles. The van der Waals surface area contributed by atoms with Crippen LogP contribution in [-0.2, 0) is 0 Å². The lowest BCUT2D eigenvalue weighted by atomic mass is 10.2. The Bertz CT molecular complexity index is 650. The van der Waals surface area contributed by atoms with Crippen LogP contribution in [0, 0.1) is 13.8 Å². The summed E-state index contributed by atoms with van der Waals surface area (Å²) in [4.78, 5) is 12.9. The van der Waals surface area contributed by atoms with Crippen LogP contribution >= 0.6 is 38.9 Å². The largest absolute Gasteiger partial charge is 0.495 e. The van der Waals surface area contributed by atoms with Crippen LogP contribution < -0.4 is 10.1 Å². The number of anilines is 1. The lowest BCUT2D eigenvalue weighted by molar-refractivity contribution is 0.103. The van der Waals surface area contributed by atoms with Crippen LogP contribution in [0.15, 0.2) is 22.0 Å². The van der Waals surface area contributed by atoms with Crippen molar-refractivity contribution in [2.45, 2.75) is 13.8 Å². The van der Waals surface area contributed by atoms with Crippen LogP contribution in [-0.4, -0.2) is 13.0 Å². The highest BCUT2D eigenvalue weighted by Gasteiger charge is 2.14. The monoisotopic (exact) mass is 373 g/mol. The zero-order chi connectivity index (χ0) is 14.9. The second-order valence-electron chi connectivity index (χ2n) is 4.32. The number of hydrogen-bond donors (Lipinski definition) is 1. The van der Waals surface area contributed by atoms with Gasteiger partial charge in [0.2, 0.25) is 0 Å². The first-order valence-electron chi connectivity index (χ1n) is 5.83. The molecule has 20 heavy (non-hydrogen) atoms. The van der Waals surface area contributed by atoms with E-state index < -0.39 is 0 Å². The van der Waals surface area contributed by atoms with Crippen molar-refractivity contribution in [1.82, 2.24) is 0 Å². The topological polar surface area (TPSA) is 38.3 Å². The molecule has 0 unspecified atom stereocenters. The molecule has 0 saturated carbocycles. The summed E-state index contributed by atoms with van der Waals surface area (Å²) >= 11 is 10.9. The van der Waals surface area contributed by atoms with Gasteiger partial charge in [-0.1, -0.05) is 11.6 Å². The number of aryl methyl sites for hydroxylation is 2. The maximum atomic E-state index is 12.2. The van der Waals surface area contributed by atoms with Crippen LogP contribution in [0.1, 0.15) is 20.8 Å². The molecule has 2 aromatic rings. The highest BCUT2D eigenvalue weighted by atomic mass is 79.9. The number of halogens is 2. The van der Waals surface area contributed by atoms with Crippen LogP contribution in [0.25, 0.3) is 0 Å². The van der Waals surface area contributed by atoms with Crippen molar-refractivity contribution in [2.75, 3.05) is 12.4 Å². The lowest BCUT2D eigenvalue weighted by Gasteiger charge is -2.11. The summed E-state index contributed by atoms with van der Waals surface area (Å²) in [5.74, 6) is 0.380.